The lowest BCUT2D eigenvalue weighted by atomic mass is 10.0. The Kier molecular flexibility index (Phi) is 8.40. The van der Waals surface area contributed by atoms with Gasteiger partial charge in [-0.1, -0.05) is 19.9 Å². The van der Waals surface area contributed by atoms with Crippen molar-refractivity contribution >= 4 is 35.5 Å². The fourth-order valence-corrected chi connectivity index (χ4v) is 3.17. The third-order valence-electron chi connectivity index (χ3n) is 4.49. The molecule has 0 unspecified atom stereocenters. The molecule has 0 spiro atoms. The highest BCUT2D eigenvalue weighted by Crippen LogP contribution is 2.28. The molecule has 30 heavy (non-hydrogen) atoms. The van der Waals surface area contributed by atoms with Crippen molar-refractivity contribution in [2.75, 3.05) is 26.2 Å². The van der Waals surface area contributed by atoms with E-state index in [1.54, 1.807) is 24.3 Å². The highest BCUT2D eigenvalue weighted by Gasteiger charge is 2.21. The second kappa shape index (κ2) is 11.0. The van der Waals surface area contributed by atoms with Crippen LogP contribution >= 0.6 is 0 Å². The highest BCUT2D eigenvalue weighted by molar-refractivity contribution is 6.06. The summed E-state index contributed by atoms with van der Waals surface area (Å²) in [6, 6.07) is 4.99. The minimum atomic E-state index is -1.15. The van der Waals surface area contributed by atoms with Gasteiger partial charge < -0.3 is 26.4 Å². The zero-order valence-electron chi connectivity index (χ0n) is 17.4. The van der Waals surface area contributed by atoms with Gasteiger partial charge in [0, 0.05) is 49.3 Å². The number of carbonyl (C=O) groups excluding carboxylic acids is 2. The largest absolute Gasteiger partial charge is 0.465 e. The smallest absolute Gasteiger partial charge is 0.404 e. The van der Waals surface area contributed by atoms with Crippen LogP contribution in [-0.2, 0) is 4.79 Å². The SMILES string of the molecule is CCCN(CCC)C(=O)C1=Cc2ccc(C(=O)NCCNC(=O)O)cc2N=C(N)C1. The molecule has 0 radical (unpaired) electrons. The molecular formula is C21H29N5O4. The summed E-state index contributed by atoms with van der Waals surface area (Å²) in [7, 11) is 0. The van der Waals surface area contributed by atoms with Crippen LogP contribution in [0.1, 0.15) is 49.0 Å². The van der Waals surface area contributed by atoms with Crippen LogP contribution in [-0.4, -0.2) is 59.9 Å². The first-order valence-corrected chi connectivity index (χ1v) is 10.1. The summed E-state index contributed by atoms with van der Waals surface area (Å²) in [5.41, 5.74) is 8.24. The van der Waals surface area contributed by atoms with Gasteiger partial charge in [-0.15, -0.1) is 0 Å². The first kappa shape index (κ1) is 22.9. The van der Waals surface area contributed by atoms with Crippen molar-refractivity contribution in [3.63, 3.8) is 0 Å². The van der Waals surface area contributed by atoms with E-state index in [2.05, 4.69) is 15.6 Å². The lowest BCUT2D eigenvalue weighted by molar-refractivity contribution is -0.127. The number of aliphatic imine (C=N–C) groups is 1. The first-order valence-electron chi connectivity index (χ1n) is 10.1. The van der Waals surface area contributed by atoms with Gasteiger partial charge in [0.15, 0.2) is 0 Å². The average molecular weight is 415 g/mol. The molecule has 1 heterocycles. The van der Waals surface area contributed by atoms with E-state index in [9.17, 15) is 14.4 Å². The summed E-state index contributed by atoms with van der Waals surface area (Å²) >= 11 is 0. The molecular weight excluding hydrogens is 386 g/mol. The van der Waals surface area contributed by atoms with E-state index in [1.807, 2.05) is 18.7 Å². The van der Waals surface area contributed by atoms with Crippen LogP contribution in [0.15, 0.2) is 28.8 Å². The van der Waals surface area contributed by atoms with Gasteiger partial charge in [-0.3, -0.25) is 9.59 Å². The van der Waals surface area contributed by atoms with Gasteiger partial charge in [-0.2, -0.15) is 0 Å². The van der Waals surface area contributed by atoms with Gasteiger partial charge in [0.25, 0.3) is 5.91 Å². The molecule has 1 aromatic carbocycles. The van der Waals surface area contributed by atoms with E-state index in [-0.39, 0.29) is 31.3 Å². The minimum absolute atomic E-state index is 0.0440. The van der Waals surface area contributed by atoms with Crippen molar-refractivity contribution < 1.29 is 19.5 Å². The average Bonchev–Trinajstić information content (AvgIpc) is 2.87. The summed E-state index contributed by atoms with van der Waals surface area (Å²) in [5.74, 6) is -0.0812. The number of fused-ring (bicyclic) bond motifs is 1. The number of hydrogen-bond donors (Lipinski definition) is 4. The number of benzene rings is 1. The van der Waals surface area contributed by atoms with E-state index >= 15 is 0 Å². The molecule has 0 saturated heterocycles. The Labute approximate surface area is 176 Å². The fraction of sp³-hybridized carbons (Fsp3) is 0.429. The molecule has 162 valence electrons. The molecule has 9 nitrogen and oxygen atoms in total. The van der Waals surface area contributed by atoms with Gasteiger partial charge in [0.2, 0.25) is 5.91 Å². The Morgan fingerprint density at radius 1 is 1.13 bits per heavy atom. The molecule has 1 aliphatic heterocycles. The van der Waals surface area contributed by atoms with Crippen molar-refractivity contribution in [3.8, 4) is 0 Å². The third kappa shape index (κ3) is 6.33. The van der Waals surface area contributed by atoms with Crippen LogP contribution in [0.5, 0.6) is 0 Å². The number of carbonyl (C=O) groups is 3. The quantitative estimate of drug-likeness (QED) is 0.458. The Hall–Kier alpha value is -3.36. The zero-order chi connectivity index (χ0) is 22.1. The van der Waals surface area contributed by atoms with E-state index in [4.69, 9.17) is 10.8 Å². The number of carboxylic acid groups (broad SMARTS) is 1. The molecule has 9 heteroatoms. The van der Waals surface area contributed by atoms with Crippen LogP contribution in [0.4, 0.5) is 10.5 Å². The molecule has 0 aliphatic carbocycles. The van der Waals surface area contributed by atoms with Gasteiger partial charge >= 0.3 is 6.09 Å². The molecule has 0 bridgehead atoms. The predicted molar refractivity (Wildman–Crippen MR) is 116 cm³/mol. The van der Waals surface area contributed by atoms with Crippen LogP contribution < -0.4 is 16.4 Å². The van der Waals surface area contributed by atoms with Crippen LogP contribution in [0.3, 0.4) is 0 Å². The number of amidine groups is 1. The number of amides is 3. The molecule has 2 rings (SSSR count). The number of rotatable bonds is 9. The maximum absolute atomic E-state index is 13.0. The van der Waals surface area contributed by atoms with Crippen molar-refractivity contribution in [3.05, 3.63) is 34.9 Å². The molecule has 0 aromatic heterocycles. The Morgan fingerprint density at radius 3 is 2.43 bits per heavy atom. The maximum atomic E-state index is 13.0. The monoisotopic (exact) mass is 415 g/mol. The van der Waals surface area contributed by atoms with Crippen LogP contribution in [0.25, 0.3) is 6.08 Å². The van der Waals surface area contributed by atoms with Gasteiger partial charge in [-0.25, -0.2) is 9.79 Å². The second-order valence-electron chi connectivity index (χ2n) is 7.00. The number of hydrogen-bond acceptors (Lipinski definition) is 5. The van der Waals surface area contributed by atoms with Gasteiger partial charge in [0.1, 0.15) is 5.84 Å². The molecule has 1 aliphatic rings. The Balaban J connectivity index is 2.21. The standard InChI is InChI=1S/C21H29N5O4/c1-3-9-26(10-4-2)20(28)16-11-14-5-6-15(12-17(14)25-18(22)13-16)19(27)23-7-8-24-21(29)30/h5-6,11-12,24H,3-4,7-10,13H2,1-2H3,(H2,22,25)(H,23,27)(H,29,30). The fourth-order valence-electron chi connectivity index (χ4n) is 3.17. The summed E-state index contributed by atoms with van der Waals surface area (Å²) in [6.07, 6.45) is 2.64. The van der Waals surface area contributed by atoms with E-state index in [0.717, 1.165) is 18.4 Å². The van der Waals surface area contributed by atoms with Crippen molar-refractivity contribution in [1.82, 2.24) is 15.5 Å². The van der Waals surface area contributed by atoms with Gasteiger partial charge in [0.05, 0.1) is 5.69 Å². The van der Waals surface area contributed by atoms with E-state index in [0.29, 0.717) is 35.7 Å². The lowest BCUT2D eigenvalue weighted by Crippen LogP contribution is -2.34. The molecule has 0 atom stereocenters. The molecule has 0 saturated carbocycles. The maximum Gasteiger partial charge on any atom is 0.404 e. The molecule has 0 fully saturated rings. The van der Waals surface area contributed by atoms with Crippen LogP contribution in [0.2, 0.25) is 0 Å². The molecule has 1 aromatic rings. The number of nitrogens with two attached hydrogens (primary N) is 1. The molecule has 5 N–H and O–H groups in total. The predicted octanol–water partition coefficient (Wildman–Crippen LogP) is 2.11. The molecule has 3 amide bonds. The third-order valence-corrected chi connectivity index (χ3v) is 4.49. The van der Waals surface area contributed by atoms with Crippen LogP contribution in [0, 0.1) is 0 Å². The zero-order valence-corrected chi connectivity index (χ0v) is 17.4. The van der Waals surface area contributed by atoms with Gasteiger partial charge in [-0.05, 0) is 31.1 Å². The normalized spacial score (nSPS) is 12.7. The summed E-state index contributed by atoms with van der Waals surface area (Å²) < 4.78 is 0. The summed E-state index contributed by atoms with van der Waals surface area (Å²) in [5, 5.41) is 13.4. The van der Waals surface area contributed by atoms with Crippen molar-refractivity contribution in [2.24, 2.45) is 10.7 Å². The number of nitrogens with zero attached hydrogens (tertiary/aromatic N) is 2. The number of nitrogens with one attached hydrogen (secondary N) is 2. The summed E-state index contributed by atoms with van der Waals surface area (Å²) in [6.45, 7) is 5.71. The second-order valence-corrected chi connectivity index (χ2v) is 7.00. The van der Waals surface area contributed by atoms with Crippen molar-refractivity contribution in [2.45, 2.75) is 33.1 Å². The van der Waals surface area contributed by atoms with E-state index < -0.39 is 6.09 Å². The van der Waals surface area contributed by atoms with Crippen molar-refractivity contribution in [1.29, 1.82) is 0 Å². The minimum Gasteiger partial charge on any atom is -0.465 e. The Morgan fingerprint density at radius 2 is 1.80 bits per heavy atom. The lowest BCUT2D eigenvalue weighted by Gasteiger charge is -2.22. The topological polar surface area (TPSA) is 137 Å². The highest BCUT2D eigenvalue weighted by atomic mass is 16.4. The Bertz CT molecular complexity index is 857. The van der Waals surface area contributed by atoms with E-state index in [1.165, 1.54) is 0 Å². The summed E-state index contributed by atoms with van der Waals surface area (Å²) in [4.78, 5) is 42.0. The first-order chi connectivity index (χ1) is 14.3.